The number of piperidine rings is 1. The second kappa shape index (κ2) is 9.52. The van der Waals surface area contributed by atoms with Crippen molar-refractivity contribution in [3.05, 3.63) is 52.7 Å². The molecular weight excluding hydrogens is 380 g/mol. The molecule has 7 nitrogen and oxygen atoms in total. The topological polar surface area (TPSA) is 92.4 Å². The molecule has 0 atom stereocenters. The Morgan fingerprint density at radius 1 is 1.25 bits per heavy atom. The fraction of sp³-hybridized carbons (Fsp3) is 0.350. The summed E-state index contributed by atoms with van der Waals surface area (Å²) in [5.74, 6) is 0.399. The summed E-state index contributed by atoms with van der Waals surface area (Å²) in [6, 6.07) is 8.59. The molecular formula is C20H23ClN4O3. The second-order valence-corrected chi connectivity index (χ2v) is 7.01. The molecule has 28 heavy (non-hydrogen) atoms. The van der Waals surface area contributed by atoms with E-state index in [0.29, 0.717) is 27.7 Å². The highest BCUT2D eigenvalue weighted by atomic mass is 35.5. The summed E-state index contributed by atoms with van der Waals surface area (Å²) in [4.78, 5) is 29.4. The van der Waals surface area contributed by atoms with E-state index >= 15 is 0 Å². The Morgan fingerprint density at radius 2 is 2.04 bits per heavy atom. The molecule has 1 aromatic carbocycles. The number of rotatable bonds is 6. The lowest BCUT2D eigenvalue weighted by atomic mass is 10.0. The third-order valence-corrected chi connectivity index (χ3v) is 4.83. The molecule has 3 N–H and O–H groups in total. The standard InChI is InChI=1S/C20H23ClN4O3/c1-28-17-4-2-3-15(20(27)24-14-7-9-22-10-8-14)16(17)11-19(26)25-18-6-5-13(21)12-23-18/h2-6,12,14,22H,7-11H2,1H3,(H,24,27)(H,23,25,26). The lowest BCUT2D eigenvalue weighted by Crippen LogP contribution is -2.43. The third-order valence-electron chi connectivity index (χ3n) is 4.60. The summed E-state index contributed by atoms with van der Waals surface area (Å²) in [5, 5.41) is 9.53. The summed E-state index contributed by atoms with van der Waals surface area (Å²) in [5.41, 5.74) is 0.986. The van der Waals surface area contributed by atoms with Crippen LogP contribution in [0, 0.1) is 0 Å². The van der Waals surface area contributed by atoms with Gasteiger partial charge in [-0.2, -0.15) is 0 Å². The van der Waals surface area contributed by atoms with E-state index in [1.165, 1.54) is 13.3 Å². The fourth-order valence-corrected chi connectivity index (χ4v) is 3.29. The van der Waals surface area contributed by atoms with Crippen LogP contribution in [0.3, 0.4) is 0 Å². The number of pyridine rings is 1. The van der Waals surface area contributed by atoms with Crippen molar-refractivity contribution in [1.82, 2.24) is 15.6 Å². The summed E-state index contributed by atoms with van der Waals surface area (Å²) in [6.45, 7) is 1.76. The Morgan fingerprint density at radius 3 is 2.71 bits per heavy atom. The van der Waals surface area contributed by atoms with Gasteiger partial charge in [-0.1, -0.05) is 17.7 Å². The van der Waals surface area contributed by atoms with Crippen molar-refractivity contribution in [3.63, 3.8) is 0 Å². The molecule has 1 saturated heterocycles. The van der Waals surface area contributed by atoms with Gasteiger partial charge in [0.25, 0.3) is 5.91 Å². The van der Waals surface area contributed by atoms with Crippen molar-refractivity contribution in [2.75, 3.05) is 25.5 Å². The van der Waals surface area contributed by atoms with Crippen LogP contribution in [0.4, 0.5) is 5.82 Å². The molecule has 0 spiro atoms. The van der Waals surface area contributed by atoms with Gasteiger partial charge in [0.2, 0.25) is 5.91 Å². The summed E-state index contributed by atoms with van der Waals surface area (Å²) in [6.07, 6.45) is 3.21. The molecule has 0 radical (unpaired) electrons. The molecule has 1 fully saturated rings. The third kappa shape index (κ3) is 5.21. The minimum Gasteiger partial charge on any atom is -0.496 e. The van der Waals surface area contributed by atoms with Crippen LogP contribution in [0.5, 0.6) is 5.75 Å². The van der Waals surface area contributed by atoms with Gasteiger partial charge in [-0.05, 0) is 50.2 Å². The highest BCUT2D eigenvalue weighted by molar-refractivity contribution is 6.30. The number of anilines is 1. The Hall–Kier alpha value is -2.64. The van der Waals surface area contributed by atoms with Crippen molar-refractivity contribution in [2.24, 2.45) is 0 Å². The Labute approximate surface area is 168 Å². The molecule has 8 heteroatoms. The second-order valence-electron chi connectivity index (χ2n) is 6.57. The number of nitrogens with one attached hydrogen (secondary N) is 3. The van der Waals surface area contributed by atoms with E-state index in [1.807, 2.05) is 0 Å². The number of hydrogen-bond acceptors (Lipinski definition) is 5. The number of halogens is 1. The molecule has 0 aliphatic carbocycles. The highest BCUT2D eigenvalue weighted by Gasteiger charge is 2.21. The lowest BCUT2D eigenvalue weighted by molar-refractivity contribution is -0.115. The van der Waals surface area contributed by atoms with Gasteiger partial charge in [0.15, 0.2) is 0 Å². The maximum atomic E-state index is 12.8. The van der Waals surface area contributed by atoms with Crippen LogP contribution in [-0.4, -0.2) is 43.0 Å². The van der Waals surface area contributed by atoms with Crippen molar-refractivity contribution in [1.29, 1.82) is 0 Å². The van der Waals surface area contributed by atoms with Gasteiger partial charge in [-0.25, -0.2) is 4.98 Å². The zero-order valence-corrected chi connectivity index (χ0v) is 16.4. The lowest BCUT2D eigenvalue weighted by Gasteiger charge is -2.24. The highest BCUT2D eigenvalue weighted by Crippen LogP contribution is 2.24. The van der Waals surface area contributed by atoms with Crippen LogP contribution in [0.15, 0.2) is 36.5 Å². The van der Waals surface area contributed by atoms with Crippen molar-refractivity contribution in [2.45, 2.75) is 25.3 Å². The number of methoxy groups -OCH3 is 1. The van der Waals surface area contributed by atoms with Crippen molar-refractivity contribution in [3.8, 4) is 5.75 Å². The summed E-state index contributed by atoms with van der Waals surface area (Å²) < 4.78 is 5.39. The van der Waals surface area contributed by atoms with Gasteiger partial charge in [0.05, 0.1) is 18.6 Å². The minimum absolute atomic E-state index is 0.0106. The number of ether oxygens (including phenoxy) is 1. The van der Waals surface area contributed by atoms with Crippen LogP contribution in [-0.2, 0) is 11.2 Å². The number of aromatic nitrogens is 1. The smallest absolute Gasteiger partial charge is 0.251 e. The SMILES string of the molecule is COc1cccc(C(=O)NC2CCNCC2)c1CC(=O)Nc1ccc(Cl)cn1. The van der Waals surface area contributed by atoms with E-state index in [0.717, 1.165) is 25.9 Å². The molecule has 0 unspecified atom stereocenters. The predicted octanol–water partition coefficient (Wildman–Crippen LogP) is 2.41. The van der Waals surface area contributed by atoms with Gasteiger partial charge in [0.1, 0.15) is 11.6 Å². The van der Waals surface area contributed by atoms with Gasteiger partial charge < -0.3 is 20.7 Å². The summed E-state index contributed by atoms with van der Waals surface area (Å²) >= 11 is 5.81. The molecule has 1 aliphatic heterocycles. The number of carbonyl (C=O) groups excluding carboxylic acids is 2. The van der Waals surface area contributed by atoms with E-state index in [2.05, 4.69) is 20.9 Å². The molecule has 2 aromatic rings. The largest absolute Gasteiger partial charge is 0.496 e. The normalized spacial score (nSPS) is 14.4. The van der Waals surface area contributed by atoms with Crippen LogP contribution in [0.2, 0.25) is 5.02 Å². The fourth-order valence-electron chi connectivity index (χ4n) is 3.18. The molecule has 2 heterocycles. The number of hydrogen-bond donors (Lipinski definition) is 3. The average molecular weight is 403 g/mol. The maximum Gasteiger partial charge on any atom is 0.251 e. The van der Waals surface area contributed by atoms with Gasteiger partial charge in [-0.15, -0.1) is 0 Å². The Kier molecular flexibility index (Phi) is 6.84. The zero-order chi connectivity index (χ0) is 19.9. The minimum atomic E-state index is -0.296. The van der Waals surface area contributed by atoms with Gasteiger partial charge in [-0.3, -0.25) is 9.59 Å². The molecule has 148 valence electrons. The van der Waals surface area contributed by atoms with Gasteiger partial charge in [0, 0.05) is 23.4 Å². The van der Waals surface area contributed by atoms with Crippen molar-refractivity contribution >= 4 is 29.2 Å². The van der Waals surface area contributed by atoms with Crippen LogP contribution < -0.4 is 20.7 Å². The molecule has 3 rings (SSSR count). The number of nitrogens with zero attached hydrogens (tertiary/aromatic N) is 1. The quantitative estimate of drug-likeness (QED) is 0.690. The molecule has 0 saturated carbocycles. The van der Waals surface area contributed by atoms with Crippen LogP contribution >= 0.6 is 11.6 Å². The Bertz CT molecular complexity index is 836. The van der Waals surface area contributed by atoms with E-state index in [9.17, 15) is 9.59 Å². The van der Waals surface area contributed by atoms with Crippen LogP contribution in [0.25, 0.3) is 0 Å². The van der Waals surface area contributed by atoms with Gasteiger partial charge >= 0.3 is 0 Å². The number of amides is 2. The summed E-state index contributed by atoms with van der Waals surface area (Å²) in [7, 11) is 1.52. The van der Waals surface area contributed by atoms with Crippen LogP contribution in [0.1, 0.15) is 28.8 Å². The average Bonchev–Trinajstić information content (AvgIpc) is 2.70. The first-order valence-corrected chi connectivity index (χ1v) is 9.53. The first-order valence-electron chi connectivity index (χ1n) is 9.15. The monoisotopic (exact) mass is 402 g/mol. The number of benzene rings is 1. The van der Waals surface area contributed by atoms with E-state index in [1.54, 1.807) is 30.3 Å². The van der Waals surface area contributed by atoms with E-state index in [-0.39, 0.29) is 24.3 Å². The molecule has 1 aromatic heterocycles. The van der Waals surface area contributed by atoms with E-state index in [4.69, 9.17) is 16.3 Å². The Balaban J connectivity index is 1.75. The molecule has 0 bridgehead atoms. The van der Waals surface area contributed by atoms with E-state index < -0.39 is 0 Å². The van der Waals surface area contributed by atoms with Crippen molar-refractivity contribution < 1.29 is 14.3 Å². The number of carbonyl (C=O) groups is 2. The first-order chi connectivity index (χ1) is 13.6. The molecule has 1 aliphatic rings. The molecule has 2 amide bonds. The zero-order valence-electron chi connectivity index (χ0n) is 15.6. The predicted molar refractivity (Wildman–Crippen MR) is 108 cm³/mol. The maximum absolute atomic E-state index is 12.8. The first kappa shape index (κ1) is 20.1.